The molecule has 0 fully saturated rings. The van der Waals surface area contributed by atoms with Crippen molar-refractivity contribution in [2.45, 2.75) is 46.5 Å². The molecule has 1 aromatic heterocycles. The van der Waals surface area contributed by atoms with E-state index in [0.717, 1.165) is 34.6 Å². The molecule has 0 atom stereocenters. The van der Waals surface area contributed by atoms with Crippen LogP contribution in [0.3, 0.4) is 0 Å². The SMILES string of the molecule is CCc1ccc(Cc2cnc(NC(=O)COc3cc(C)ccc3C(C)C)s2)cc1. The van der Waals surface area contributed by atoms with E-state index in [1.54, 1.807) is 0 Å². The predicted molar refractivity (Wildman–Crippen MR) is 120 cm³/mol. The van der Waals surface area contributed by atoms with E-state index in [0.29, 0.717) is 11.0 Å². The lowest BCUT2D eigenvalue weighted by Gasteiger charge is -2.14. The lowest BCUT2D eigenvalue weighted by Crippen LogP contribution is -2.20. The Bertz CT molecular complexity index is 961. The van der Waals surface area contributed by atoms with Crippen LogP contribution < -0.4 is 10.1 Å². The molecular formula is C24H28N2O2S. The summed E-state index contributed by atoms with van der Waals surface area (Å²) >= 11 is 1.50. The highest BCUT2D eigenvalue weighted by atomic mass is 32.1. The maximum absolute atomic E-state index is 12.3. The van der Waals surface area contributed by atoms with Crippen LogP contribution in [0.4, 0.5) is 5.13 Å². The van der Waals surface area contributed by atoms with Crippen LogP contribution in [0, 0.1) is 6.92 Å². The first-order valence-electron chi connectivity index (χ1n) is 10.00. The normalized spacial score (nSPS) is 10.9. The Morgan fingerprint density at radius 2 is 1.86 bits per heavy atom. The van der Waals surface area contributed by atoms with Crippen LogP contribution in [0.2, 0.25) is 0 Å². The van der Waals surface area contributed by atoms with Crippen LogP contribution in [-0.2, 0) is 17.6 Å². The molecule has 0 unspecified atom stereocenters. The number of aromatic nitrogens is 1. The molecule has 29 heavy (non-hydrogen) atoms. The molecule has 0 aliphatic heterocycles. The van der Waals surface area contributed by atoms with Gasteiger partial charge in [0.15, 0.2) is 11.7 Å². The zero-order valence-electron chi connectivity index (χ0n) is 17.5. The number of thiazole rings is 1. The number of ether oxygens (including phenoxy) is 1. The van der Waals surface area contributed by atoms with E-state index in [9.17, 15) is 4.79 Å². The Morgan fingerprint density at radius 1 is 1.14 bits per heavy atom. The maximum Gasteiger partial charge on any atom is 0.264 e. The zero-order valence-corrected chi connectivity index (χ0v) is 18.3. The minimum absolute atomic E-state index is 0.0312. The molecular weight excluding hydrogens is 380 g/mol. The molecule has 0 spiro atoms. The number of carbonyl (C=O) groups excluding carboxylic acids is 1. The van der Waals surface area contributed by atoms with Crippen molar-refractivity contribution in [3.63, 3.8) is 0 Å². The summed E-state index contributed by atoms with van der Waals surface area (Å²) in [5, 5.41) is 3.45. The quantitative estimate of drug-likeness (QED) is 0.517. The molecule has 4 nitrogen and oxygen atoms in total. The number of nitrogens with one attached hydrogen (secondary N) is 1. The first-order chi connectivity index (χ1) is 13.9. The van der Waals surface area contributed by atoms with Crippen molar-refractivity contribution in [2.75, 3.05) is 11.9 Å². The molecule has 0 saturated heterocycles. The first-order valence-corrected chi connectivity index (χ1v) is 10.8. The zero-order chi connectivity index (χ0) is 20.8. The Balaban J connectivity index is 1.56. The number of carbonyl (C=O) groups is 1. The van der Waals surface area contributed by atoms with E-state index in [4.69, 9.17) is 4.74 Å². The molecule has 0 aliphatic rings. The molecule has 0 saturated carbocycles. The molecule has 152 valence electrons. The smallest absolute Gasteiger partial charge is 0.264 e. The monoisotopic (exact) mass is 408 g/mol. The third kappa shape index (κ3) is 5.91. The van der Waals surface area contributed by atoms with E-state index in [-0.39, 0.29) is 12.5 Å². The highest BCUT2D eigenvalue weighted by Crippen LogP contribution is 2.27. The van der Waals surface area contributed by atoms with Gasteiger partial charge in [0, 0.05) is 17.5 Å². The minimum atomic E-state index is -0.200. The van der Waals surface area contributed by atoms with Gasteiger partial charge in [0.2, 0.25) is 0 Å². The second kappa shape index (κ2) is 9.70. The van der Waals surface area contributed by atoms with Gasteiger partial charge in [-0.1, -0.05) is 57.2 Å². The van der Waals surface area contributed by atoms with E-state index in [1.165, 1.54) is 22.5 Å². The summed E-state index contributed by atoms with van der Waals surface area (Å²) < 4.78 is 5.80. The highest BCUT2D eigenvalue weighted by Gasteiger charge is 2.12. The fourth-order valence-electron chi connectivity index (χ4n) is 3.08. The van der Waals surface area contributed by atoms with Crippen molar-refractivity contribution >= 4 is 22.4 Å². The number of benzene rings is 2. The number of aryl methyl sites for hydroxylation is 2. The summed E-state index contributed by atoms with van der Waals surface area (Å²) in [6.07, 6.45) is 3.68. The summed E-state index contributed by atoms with van der Waals surface area (Å²) in [4.78, 5) is 17.8. The van der Waals surface area contributed by atoms with Crippen LogP contribution in [0.5, 0.6) is 5.75 Å². The number of amides is 1. The Kier molecular flexibility index (Phi) is 7.04. The molecule has 5 heteroatoms. The summed E-state index contributed by atoms with van der Waals surface area (Å²) in [5.74, 6) is 0.904. The molecule has 0 bridgehead atoms. The average molecular weight is 409 g/mol. The van der Waals surface area contributed by atoms with Gasteiger partial charge < -0.3 is 4.74 Å². The molecule has 1 heterocycles. The number of hydrogen-bond acceptors (Lipinski definition) is 4. The van der Waals surface area contributed by atoms with Crippen LogP contribution in [-0.4, -0.2) is 17.5 Å². The highest BCUT2D eigenvalue weighted by molar-refractivity contribution is 7.15. The standard InChI is InChI=1S/C24H28N2O2S/c1-5-18-7-9-19(10-8-18)13-20-14-25-24(29-20)26-23(27)15-28-22-12-17(4)6-11-21(22)16(2)3/h6-12,14,16H,5,13,15H2,1-4H3,(H,25,26,27). The van der Waals surface area contributed by atoms with Gasteiger partial charge in [-0.3, -0.25) is 10.1 Å². The van der Waals surface area contributed by atoms with Crippen molar-refractivity contribution in [3.05, 3.63) is 75.8 Å². The van der Waals surface area contributed by atoms with Crippen LogP contribution >= 0.6 is 11.3 Å². The van der Waals surface area contributed by atoms with Gasteiger partial charge in [-0.2, -0.15) is 0 Å². The maximum atomic E-state index is 12.3. The summed E-state index contributed by atoms with van der Waals surface area (Å²) in [7, 11) is 0. The number of anilines is 1. The van der Waals surface area contributed by atoms with Crippen molar-refractivity contribution in [1.82, 2.24) is 4.98 Å². The van der Waals surface area contributed by atoms with Gasteiger partial charge in [0.25, 0.3) is 5.91 Å². The molecule has 1 amide bonds. The molecule has 3 aromatic rings. The Labute approximate surface area is 177 Å². The largest absolute Gasteiger partial charge is 0.483 e. The predicted octanol–water partition coefficient (Wildman–Crippen LogP) is 5.75. The van der Waals surface area contributed by atoms with Gasteiger partial charge in [0.05, 0.1) is 0 Å². The lowest BCUT2D eigenvalue weighted by molar-refractivity contribution is -0.118. The van der Waals surface area contributed by atoms with E-state index in [1.807, 2.05) is 19.2 Å². The van der Waals surface area contributed by atoms with E-state index in [2.05, 4.69) is 67.5 Å². The van der Waals surface area contributed by atoms with Crippen LogP contribution in [0.25, 0.3) is 0 Å². The molecule has 2 aromatic carbocycles. The van der Waals surface area contributed by atoms with E-state index >= 15 is 0 Å². The number of rotatable bonds is 8. The summed E-state index contributed by atoms with van der Waals surface area (Å²) in [5.41, 5.74) is 4.79. The second-order valence-electron chi connectivity index (χ2n) is 7.51. The van der Waals surface area contributed by atoms with Crippen molar-refractivity contribution in [3.8, 4) is 5.75 Å². The molecule has 0 aliphatic carbocycles. The van der Waals surface area contributed by atoms with Gasteiger partial charge in [-0.05, 0) is 47.6 Å². The fraction of sp³-hybridized carbons (Fsp3) is 0.333. The van der Waals surface area contributed by atoms with Crippen molar-refractivity contribution in [1.29, 1.82) is 0 Å². The average Bonchev–Trinajstić information content (AvgIpc) is 3.13. The summed E-state index contributed by atoms with van der Waals surface area (Å²) in [6.45, 7) is 8.37. The van der Waals surface area contributed by atoms with Crippen molar-refractivity contribution in [2.24, 2.45) is 0 Å². The number of nitrogens with zero attached hydrogens (tertiary/aromatic N) is 1. The number of hydrogen-bond donors (Lipinski definition) is 1. The van der Waals surface area contributed by atoms with Gasteiger partial charge >= 0.3 is 0 Å². The van der Waals surface area contributed by atoms with Gasteiger partial charge in [-0.25, -0.2) is 4.98 Å². The minimum Gasteiger partial charge on any atom is -0.483 e. The Morgan fingerprint density at radius 3 is 2.55 bits per heavy atom. The van der Waals surface area contributed by atoms with Gasteiger partial charge in [-0.15, -0.1) is 11.3 Å². The third-order valence-electron chi connectivity index (χ3n) is 4.76. The fourth-order valence-corrected chi connectivity index (χ4v) is 3.95. The molecule has 1 N–H and O–H groups in total. The topological polar surface area (TPSA) is 51.2 Å². The third-order valence-corrected chi connectivity index (χ3v) is 5.67. The second-order valence-corrected chi connectivity index (χ2v) is 8.63. The molecule has 3 rings (SSSR count). The van der Waals surface area contributed by atoms with Gasteiger partial charge in [0.1, 0.15) is 5.75 Å². The first kappa shape index (κ1) is 21.1. The van der Waals surface area contributed by atoms with Crippen LogP contribution in [0.1, 0.15) is 53.8 Å². The van der Waals surface area contributed by atoms with Crippen molar-refractivity contribution < 1.29 is 9.53 Å². The Hall–Kier alpha value is -2.66. The lowest BCUT2D eigenvalue weighted by atomic mass is 10.0. The van der Waals surface area contributed by atoms with E-state index < -0.39 is 0 Å². The van der Waals surface area contributed by atoms with Crippen LogP contribution in [0.15, 0.2) is 48.7 Å². The molecule has 0 radical (unpaired) electrons. The summed E-state index contributed by atoms with van der Waals surface area (Å²) in [6, 6.07) is 14.7.